The van der Waals surface area contributed by atoms with Gasteiger partial charge in [-0.3, -0.25) is 4.99 Å². The maximum atomic E-state index is 5.35. The highest BCUT2D eigenvalue weighted by molar-refractivity contribution is 5.64. The monoisotopic (exact) mass is 170 g/mol. The van der Waals surface area contributed by atoms with Crippen LogP contribution >= 0.6 is 0 Å². The molecular formula is C8H18N4. The van der Waals surface area contributed by atoms with E-state index in [-0.39, 0.29) is 0 Å². The summed E-state index contributed by atoms with van der Waals surface area (Å²) in [6.45, 7) is 4.68. The van der Waals surface area contributed by atoms with E-state index in [4.69, 9.17) is 5.73 Å². The van der Waals surface area contributed by atoms with Crippen molar-refractivity contribution >= 4 is 6.21 Å². The summed E-state index contributed by atoms with van der Waals surface area (Å²) in [5.74, 6) is 0. The quantitative estimate of drug-likeness (QED) is 0.373. The number of nitrogens with one attached hydrogen (secondary N) is 2. The highest BCUT2D eigenvalue weighted by Crippen LogP contribution is 1.84. The molecule has 1 aliphatic rings. The number of rotatable bonds is 4. The summed E-state index contributed by atoms with van der Waals surface area (Å²) >= 11 is 0. The Morgan fingerprint density at radius 1 is 1.50 bits per heavy atom. The van der Waals surface area contributed by atoms with E-state index < -0.39 is 0 Å². The van der Waals surface area contributed by atoms with Crippen LogP contribution in [0.2, 0.25) is 0 Å². The molecule has 4 nitrogen and oxygen atoms in total. The first kappa shape index (κ1) is 9.64. The lowest BCUT2D eigenvalue weighted by Gasteiger charge is -2.20. The van der Waals surface area contributed by atoms with Gasteiger partial charge in [0.05, 0.1) is 6.04 Å². The van der Waals surface area contributed by atoms with E-state index in [1.54, 1.807) is 0 Å². The van der Waals surface area contributed by atoms with E-state index in [9.17, 15) is 0 Å². The first-order chi connectivity index (χ1) is 5.93. The number of nitrogens with two attached hydrogens (primary N) is 1. The fraction of sp³-hybridized carbons (Fsp3) is 0.875. The zero-order valence-corrected chi connectivity index (χ0v) is 7.42. The summed E-state index contributed by atoms with van der Waals surface area (Å²) in [4.78, 5) is 4.28. The lowest BCUT2D eigenvalue weighted by atomic mass is 10.2. The summed E-state index contributed by atoms with van der Waals surface area (Å²) in [7, 11) is 0. The summed E-state index contributed by atoms with van der Waals surface area (Å²) < 4.78 is 0. The first-order valence-electron chi connectivity index (χ1n) is 4.57. The van der Waals surface area contributed by atoms with E-state index in [0.717, 1.165) is 39.1 Å². The highest BCUT2D eigenvalue weighted by Gasteiger charge is 2.07. The van der Waals surface area contributed by atoms with Gasteiger partial charge in [0.15, 0.2) is 0 Å². The van der Waals surface area contributed by atoms with Crippen molar-refractivity contribution < 1.29 is 0 Å². The molecule has 70 valence electrons. The molecule has 1 saturated heterocycles. The predicted octanol–water partition coefficient (Wildman–Crippen LogP) is -1.03. The van der Waals surface area contributed by atoms with Gasteiger partial charge in [0.2, 0.25) is 0 Å². The molecule has 0 aliphatic carbocycles. The van der Waals surface area contributed by atoms with Crippen molar-refractivity contribution in [3.63, 3.8) is 0 Å². The third-order valence-corrected chi connectivity index (χ3v) is 1.85. The van der Waals surface area contributed by atoms with E-state index in [1.807, 2.05) is 6.21 Å². The second-order valence-electron chi connectivity index (χ2n) is 2.96. The molecule has 1 atom stereocenters. The Balaban J connectivity index is 2.07. The van der Waals surface area contributed by atoms with Crippen LogP contribution in [0.15, 0.2) is 4.99 Å². The van der Waals surface area contributed by atoms with Gasteiger partial charge in [-0.05, 0) is 13.0 Å². The minimum absolute atomic E-state index is 0.413. The van der Waals surface area contributed by atoms with Gasteiger partial charge in [-0.2, -0.15) is 0 Å². The lowest BCUT2D eigenvalue weighted by Crippen LogP contribution is -2.49. The first-order valence-corrected chi connectivity index (χ1v) is 4.57. The molecule has 0 bridgehead atoms. The van der Waals surface area contributed by atoms with Gasteiger partial charge in [-0.15, -0.1) is 0 Å². The molecule has 1 rings (SSSR count). The smallest absolute Gasteiger partial charge is 0.0547 e. The Bertz CT molecular complexity index is 129. The van der Waals surface area contributed by atoms with E-state index in [0.29, 0.717) is 6.04 Å². The number of hydrogen-bond acceptors (Lipinski definition) is 4. The molecule has 0 aromatic rings. The topological polar surface area (TPSA) is 62.4 Å². The fourth-order valence-electron chi connectivity index (χ4n) is 1.17. The third-order valence-electron chi connectivity index (χ3n) is 1.85. The molecule has 0 spiro atoms. The minimum atomic E-state index is 0.413. The summed E-state index contributed by atoms with van der Waals surface area (Å²) in [6, 6.07) is 0.413. The van der Waals surface area contributed by atoms with Crippen LogP contribution in [0.25, 0.3) is 0 Å². The second-order valence-corrected chi connectivity index (χ2v) is 2.96. The van der Waals surface area contributed by atoms with Crippen LogP contribution in [0.3, 0.4) is 0 Å². The Labute approximate surface area is 73.6 Å². The Kier molecular flexibility index (Phi) is 4.91. The second kappa shape index (κ2) is 6.11. The standard InChI is InChI=1S/C8H18N4/c9-2-1-3-10-6-8-7-11-4-5-12-8/h6,8,11-12H,1-5,7,9H2. The largest absolute Gasteiger partial charge is 0.330 e. The van der Waals surface area contributed by atoms with Crippen molar-refractivity contribution in [3.8, 4) is 0 Å². The normalized spacial score (nSPS) is 24.9. The predicted molar refractivity (Wildman–Crippen MR) is 51.7 cm³/mol. The van der Waals surface area contributed by atoms with Gasteiger partial charge in [-0.1, -0.05) is 0 Å². The van der Waals surface area contributed by atoms with Gasteiger partial charge in [0.25, 0.3) is 0 Å². The van der Waals surface area contributed by atoms with Crippen LogP contribution in [0.1, 0.15) is 6.42 Å². The van der Waals surface area contributed by atoms with Crippen LogP contribution in [-0.4, -0.2) is 45.0 Å². The van der Waals surface area contributed by atoms with Crippen molar-refractivity contribution in [2.45, 2.75) is 12.5 Å². The molecule has 12 heavy (non-hydrogen) atoms. The molecule has 1 unspecified atom stereocenters. The van der Waals surface area contributed by atoms with Crippen LogP contribution in [-0.2, 0) is 0 Å². The fourth-order valence-corrected chi connectivity index (χ4v) is 1.17. The Morgan fingerprint density at radius 3 is 3.08 bits per heavy atom. The number of aliphatic imine (C=N–C) groups is 1. The van der Waals surface area contributed by atoms with E-state index >= 15 is 0 Å². The minimum Gasteiger partial charge on any atom is -0.330 e. The van der Waals surface area contributed by atoms with Crippen molar-refractivity contribution in [1.82, 2.24) is 10.6 Å². The zero-order valence-electron chi connectivity index (χ0n) is 7.42. The van der Waals surface area contributed by atoms with Gasteiger partial charge in [-0.25, -0.2) is 0 Å². The van der Waals surface area contributed by atoms with Gasteiger partial charge in [0.1, 0.15) is 0 Å². The summed E-state index contributed by atoms with van der Waals surface area (Å²) in [5, 5.41) is 6.65. The molecular weight excluding hydrogens is 152 g/mol. The Hall–Kier alpha value is -0.450. The average Bonchev–Trinajstić information content (AvgIpc) is 2.14. The van der Waals surface area contributed by atoms with Crippen molar-refractivity contribution in [3.05, 3.63) is 0 Å². The van der Waals surface area contributed by atoms with Crippen LogP contribution in [0, 0.1) is 0 Å². The molecule has 1 heterocycles. The van der Waals surface area contributed by atoms with Crippen LogP contribution < -0.4 is 16.4 Å². The molecule has 0 aromatic carbocycles. The number of nitrogens with zero attached hydrogens (tertiary/aromatic N) is 1. The molecule has 0 radical (unpaired) electrons. The average molecular weight is 170 g/mol. The van der Waals surface area contributed by atoms with Gasteiger partial charge >= 0.3 is 0 Å². The number of hydrogen-bond donors (Lipinski definition) is 3. The van der Waals surface area contributed by atoms with Crippen LogP contribution in [0.5, 0.6) is 0 Å². The molecule has 1 aliphatic heterocycles. The molecule has 0 amide bonds. The van der Waals surface area contributed by atoms with E-state index in [2.05, 4.69) is 15.6 Å². The molecule has 4 heteroatoms. The number of piperazine rings is 1. The molecule has 0 aromatic heterocycles. The van der Waals surface area contributed by atoms with E-state index in [1.165, 1.54) is 0 Å². The third kappa shape index (κ3) is 3.80. The molecule has 1 fully saturated rings. The highest BCUT2D eigenvalue weighted by atomic mass is 15.1. The SMILES string of the molecule is NCCCN=CC1CNCCN1. The van der Waals surface area contributed by atoms with Crippen molar-refractivity contribution in [2.75, 3.05) is 32.7 Å². The van der Waals surface area contributed by atoms with Crippen molar-refractivity contribution in [2.24, 2.45) is 10.7 Å². The maximum absolute atomic E-state index is 5.35. The summed E-state index contributed by atoms with van der Waals surface area (Å²) in [5.41, 5.74) is 5.35. The zero-order chi connectivity index (χ0) is 8.65. The Morgan fingerprint density at radius 2 is 2.42 bits per heavy atom. The summed E-state index contributed by atoms with van der Waals surface area (Å²) in [6.07, 6.45) is 2.97. The molecule has 0 saturated carbocycles. The van der Waals surface area contributed by atoms with Gasteiger partial charge in [0, 0.05) is 32.4 Å². The van der Waals surface area contributed by atoms with Crippen LogP contribution in [0.4, 0.5) is 0 Å². The van der Waals surface area contributed by atoms with Gasteiger partial charge < -0.3 is 16.4 Å². The van der Waals surface area contributed by atoms with Crippen molar-refractivity contribution in [1.29, 1.82) is 0 Å². The molecule has 4 N–H and O–H groups in total. The maximum Gasteiger partial charge on any atom is 0.0547 e. The lowest BCUT2D eigenvalue weighted by molar-refractivity contribution is 0.492.